The summed E-state index contributed by atoms with van der Waals surface area (Å²) in [7, 11) is 0. The van der Waals surface area contributed by atoms with E-state index in [4.69, 9.17) is 0 Å². The van der Waals surface area contributed by atoms with Crippen molar-refractivity contribution < 1.29 is 0 Å². The Labute approximate surface area is 100 Å². The van der Waals surface area contributed by atoms with Crippen LogP contribution < -0.4 is 5.32 Å². The lowest BCUT2D eigenvalue weighted by atomic mass is 9.70. The fourth-order valence-corrected chi connectivity index (χ4v) is 2.83. The summed E-state index contributed by atoms with van der Waals surface area (Å²) in [5, 5.41) is 18.2. The predicted molar refractivity (Wildman–Crippen MR) is 64.4 cm³/mol. The summed E-state index contributed by atoms with van der Waals surface area (Å²) in [4.78, 5) is 0. The molecule has 0 aromatic carbocycles. The van der Waals surface area contributed by atoms with Crippen LogP contribution in [0.1, 0.15) is 31.5 Å². The van der Waals surface area contributed by atoms with Crippen LogP contribution in [0.15, 0.2) is 23.8 Å². The van der Waals surface area contributed by atoms with E-state index in [0.717, 1.165) is 44.6 Å². The average Bonchev–Trinajstić information content (AvgIpc) is 2.95. The van der Waals surface area contributed by atoms with Crippen molar-refractivity contribution in [1.29, 1.82) is 0 Å². The summed E-state index contributed by atoms with van der Waals surface area (Å²) < 4.78 is 0. The number of piperidine rings is 1. The highest BCUT2D eigenvalue weighted by atomic mass is 15.5. The molecule has 0 atom stereocenters. The molecule has 0 bridgehead atoms. The van der Waals surface area contributed by atoms with Gasteiger partial charge in [0.25, 0.3) is 0 Å². The largest absolute Gasteiger partial charge is 0.317 e. The van der Waals surface area contributed by atoms with Crippen LogP contribution in [0.3, 0.4) is 0 Å². The number of hydrogen-bond acceptors (Lipinski definition) is 4. The van der Waals surface area contributed by atoms with E-state index in [9.17, 15) is 0 Å². The van der Waals surface area contributed by atoms with Crippen LogP contribution >= 0.6 is 0 Å². The zero-order valence-corrected chi connectivity index (χ0v) is 9.82. The quantitative estimate of drug-likeness (QED) is 0.799. The summed E-state index contributed by atoms with van der Waals surface area (Å²) in [5.41, 5.74) is 1.33. The van der Waals surface area contributed by atoms with Crippen LogP contribution in [0.5, 0.6) is 0 Å². The standard InChI is InChI=1S/C12H17N5/c1-2-4-10(5-3-1)12(6-8-13-9-7-12)11-14-16-17-15-11/h2,4-5,13H,1,3,6-9H2,(H,14,15,16,17). The topological polar surface area (TPSA) is 66.5 Å². The highest BCUT2D eigenvalue weighted by molar-refractivity contribution is 5.38. The summed E-state index contributed by atoms with van der Waals surface area (Å²) in [6.45, 7) is 2.03. The predicted octanol–water partition coefficient (Wildman–Crippen LogP) is 1.10. The maximum atomic E-state index is 4.24. The minimum absolute atomic E-state index is 0.0326. The molecule has 1 saturated heterocycles. The van der Waals surface area contributed by atoms with Gasteiger partial charge in [-0.2, -0.15) is 5.21 Å². The number of allylic oxidation sites excluding steroid dienone is 4. The number of nitrogens with one attached hydrogen (secondary N) is 2. The van der Waals surface area contributed by atoms with E-state index < -0.39 is 0 Å². The van der Waals surface area contributed by atoms with E-state index in [1.807, 2.05) is 0 Å². The molecule has 1 aromatic rings. The molecule has 3 rings (SSSR count). The van der Waals surface area contributed by atoms with Gasteiger partial charge < -0.3 is 5.32 Å². The Balaban J connectivity index is 2.01. The molecular weight excluding hydrogens is 214 g/mol. The zero-order chi connectivity index (χ0) is 11.6. The van der Waals surface area contributed by atoms with Crippen molar-refractivity contribution in [1.82, 2.24) is 25.9 Å². The minimum atomic E-state index is -0.0326. The fourth-order valence-electron chi connectivity index (χ4n) is 2.83. The number of nitrogens with zero attached hydrogens (tertiary/aromatic N) is 3. The molecular formula is C12H17N5. The number of hydrogen-bond donors (Lipinski definition) is 2. The number of H-pyrrole nitrogens is 1. The lowest BCUT2D eigenvalue weighted by molar-refractivity contribution is 0.343. The van der Waals surface area contributed by atoms with Crippen LogP contribution in [-0.4, -0.2) is 33.7 Å². The minimum Gasteiger partial charge on any atom is -0.317 e. The third-order valence-corrected chi connectivity index (χ3v) is 3.78. The van der Waals surface area contributed by atoms with Gasteiger partial charge in [0.15, 0.2) is 5.82 Å². The van der Waals surface area contributed by atoms with Crippen LogP contribution in [0, 0.1) is 0 Å². The maximum absolute atomic E-state index is 4.24. The molecule has 0 unspecified atom stereocenters. The van der Waals surface area contributed by atoms with Crippen LogP contribution in [0.4, 0.5) is 0 Å². The second kappa shape index (κ2) is 4.41. The van der Waals surface area contributed by atoms with Gasteiger partial charge in [-0.1, -0.05) is 23.4 Å². The van der Waals surface area contributed by atoms with Crippen molar-refractivity contribution in [3.8, 4) is 0 Å². The summed E-state index contributed by atoms with van der Waals surface area (Å²) in [6.07, 6.45) is 11.2. The van der Waals surface area contributed by atoms with Gasteiger partial charge in [-0.25, -0.2) is 0 Å². The highest BCUT2D eigenvalue weighted by Gasteiger charge is 2.40. The van der Waals surface area contributed by atoms with Crippen LogP contribution in [0.25, 0.3) is 0 Å². The van der Waals surface area contributed by atoms with Gasteiger partial charge >= 0.3 is 0 Å². The van der Waals surface area contributed by atoms with Gasteiger partial charge in [-0.05, 0) is 44.3 Å². The first-order valence-corrected chi connectivity index (χ1v) is 6.24. The zero-order valence-electron chi connectivity index (χ0n) is 9.82. The van der Waals surface area contributed by atoms with Crippen molar-refractivity contribution in [2.45, 2.75) is 31.1 Å². The van der Waals surface area contributed by atoms with Gasteiger partial charge in [0.2, 0.25) is 0 Å². The molecule has 17 heavy (non-hydrogen) atoms. The van der Waals surface area contributed by atoms with Gasteiger partial charge in [0.05, 0.1) is 5.41 Å². The Morgan fingerprint density at radius 1 is 1.18 bits per heavy atom. The van der Waals surface area contributed by atoms with E-state index in [2.05, 4.69) is 44.2 Å². The molecule has 2 N–H and O–H groups in total. The third kappa shape index (κ3) is 1.80. The lowest BCUT2D eigenvalue weighted by Gasteiger charge is -2.36. The SMILES string of the molecule is C1=CC(C2(c3nn[nH]n3)CCNCC2)=CCC1. The van der Waals surface area contributed by atoms with Crippen molar-refractivity contribution >= 4 is 0 Å². The number of aromatic amines is 1. The molecule has 1 aliphatic heterocycles. The van der Waals surface area contributed by atoms with Gasteiger partial charge in [-0.15, -0.1) is 10.2 Å². The summed E-state index contributed by atoms with van der Waals surface area (Å²) in [5.74, 6) is 0.844. The van der Waals surface area contributed by atoms with Crippen molar-refractivity contribution in [2.75, 3.05) is 13.1 Å². The molecule has 2 heterocycles. The number of rotatable bonds is 2. The third-order valence-electron chi connectivity index (χ3n) is 3.78. The van der Waals surface area contributed by atoms with E-state index in [1.54, 1.807) is 0 Å². The molecule has 1 fully saturated rings. The molecule has 0 spiro atoms. The van der Waals surface area contributed by atoms with Crippen molar-refractivity contribution in [3.05, 3.63) is 29.6 Å². The monoisotopic (exact) mass is 231 g/mol. The Morgan fingerprint density at radius 2 is 2.06 bits per heavy atom. The molecule has 2 aliphatic rings. The maximum Gasteiger partial charge on any atom is 0.185 e. The average molecular weight is 231 g/mol. The van der Waals surface area contributed by atoms with E-state index in [0.29, 0.717) is 0 Å². The van der Waals surface area contributed by atoms with Gasteiger partial charge in [0.1, 0.15) is 0 Å². The molecule has 0 amide bonds. The first-order chi connectivity index (χ1) is 8.42. The number of tetrazole rings is 1. The van der Waals surface area contributed by atoms with E-state index >= 15 is 0 Å². The van der Waals surface area contributed by atoms with Gasteiger partial charge in [-0.3, -0.25) is 0 Å². The summed E-state index contributed by atoms with van der Waals surface area (Å²) >= 11 is 0. The van der Waals surface area contributed by atoms with E-state index in [1.165, 1.54) is 5.57 Å². The molecule has 5 nitrogen and oxygen atoms in total. The smallest absolute Gasteiger partial charge is 0.185 e. The Morgan fingerprint density at radius 3 is 2.71 bits per heavy atom. The molecule has 90 valence electrons. The molecule has 1 aliphatic carbocycles. The van der Waals surface area contributed by atoms with E-state index in [-0.39, 0.29) is 5.41 Å². The molecule has 0 radical (unpaired) electrons. The Hall–Kier alpha value is -1.49. The second-order valence-corrected chi connectivity index (χ2v) is 4.71. The molecule has 0 saturated carbocycles. The van der Waals surface area contributed by atoms with Crippen molar-refractivity contribution in [3.63, 3.8) is 0 Å². The van der Waals surface area contributed by atoms with Crippen LogP contribution in [-0.2, 0) is 5.41 Å². The Kier molecular flexibility index (Phi) is 2.76. The second-order valence-electron chi connectivity index (χ2n) is 4.71. The number of aromatic nitrogens is 4. The summed E-state index contributed by atoms with van der Waals surface area (Å²) in [6, 6.07) is 0. The first kappa shape index (κ1) is 10.7. The van der Waals surface area contributed by atoms with Gasteiger partial charge in [0, 0.05) is 0 Å². The Bertz CT molecular complexity index is 426. The first-order valence-electron chi connectivity index (χ1n) is 6.24. The normalized spacial score (nSPS) is 23.4. The van der Waals surface area contributed by atoms with Crippen molar-refractivity contribution in [2.24, 2.45) is 0 Å². The highest BCUT2D eigenvalue weighted by Crippen LogP contribution is 2.40. The lowest BCUT2D eigenvalue weighted by Crippen LogP contribution is -2.42. The fraction of sp³-hybridized carbons (Fsp3) is 0.583. The molecule has 5 heteroatoms. The molecule has 1 aromatic heterocycles. The van der Waals surface area contributed by atoms with Crippen LogP contribution in [0.2, 0.25) is 0 Å².